The van der Waals surface area contributed by atoms with Crippen LogP contribution in [0.1, 0.15) is 23.9 Å². The highest BCUT2D eigenvalue weighted by atomic mass is 15.3. The molecule has 0 aliphatic carbocycles. The molecule has 0 saturated carbocycles. The summed E-state index contributed by atoms with van der Waals surface area (Å²) in [6.45, 7) is 8.09. The van der Waals surface area contributed by atoms with Crippen molar-refractivity contribution in [2.75, 3.05) is 6.54 Å². The van der Waals surface area contributed by atoms with Gasteiger partial charge in [0.2, 0.25) is 0 Å². The molecule has 4 rings (SSSR count). The molecular formula is C20H22N4. The summed E-state index contributed by atoms with van der Waals surface area (Å²) < 4.78 is 2.20. The normalized spacial score (nSPS) is 16.7. The van der Waals surface area contributed by atoms with Crippen LogP contribution >= 0.6 is 0 Å². The fourth-order valence-electron chi connectivity index (χ4n) is 3.24. The van der Waals surface area contributed by atoms with Crippen molar-refractivity contribution in [3.05, 3.63) is 82.9 Å². The average Bonchev–Trinajstić information content (AvgIpc) is 3.13. The van der Waals surface area contributed by atoms with E-state index < -0.39 is 0 Å². The molecule has 122 valence electrons. The van der Waals surface area contributed by atoms with Gasteiger partial charge in [0.1, 0.15) is 11.6 Å². The summed E-state index contributed by atoms with van der Waals surface area (Å²) in [5.74, 6) is 2.19. The highest BCUT2D eigenvalue weighted by Gasteiger charge is 2.29. The molecule has 4 heteroatoms. The number of rotatable bonds is 3. The smallest absolute Gasteiger partial charge is 0.110 e. The number of nitrogens with one attached hydrogen (secondary N) is 1. The number of hydrogen-bond acceptors (Lipinski definition) is 3. The highest BCUT2D eigenvalue weighted by Crippen LogP contribution is 2.33. The molecule has 4 nitrogen and oxygen atoms in total. The Balaban J connectivity index is 1.78. The maximum atomic E-state index is 4.36. The third-order valence-electron chi connectivity index (χ3n) is 4.68. The molecule has 0 saturated heterocycles. The van der Waals surface area contributed by atoms with Gasteiger partial charge >= 0.3 is 0 Å². The van der Waals surface area contributed by atoms with Crippen LogP contribution < -0.4 is 5.32 Å². The van der Waals surface area contributed by atoms with Gasteiger partial charge in [-0.1, -0.05) is 41.5 Å². The summed E-state index contributed by atoms with van der Waals surface area (Å²) in [6, 6.07) is 8.72. The van der Waals surface area contributed by atoms with Crippen molar-refractivity contribution in [1.29, 1.82) is 0 Å². The molecule has 2 aliphatic heterocycles. The van der Waals surface area contributed by atoms with Crippen molar-refractivity contribution in [3.8, 4) is 0 Å². The second-order valence-corrected chi connectivity index (χ2v) is 6.57. The fraction of sp³-hybridized carbons (Fsp3) is 0.250. The first-order valence-corrected chi connectivity index (χ1v) is 8.32. The first-order chi connectivity index (χ1) is 11.6. The lowest BCUT2D eigenvalue weighted by Crippen LogP contribution is -2.27. The molecule has 0 bridgehead atoms. The maximum Gasteiger partial charge on any atom is 0.110 e. The number of hydrogen-bond donors (Lipinski definition) is 1. The molecule has 0 atom stereocenters. The van der Waals surface area contributed by atoms with Gasteiger partial charge in [0.25, 0.3) is 0 Å². The molecule has 0 amide bonds. The quantitative estimate of drug-likeness (QED) is 0.939. The highest BCUT2D eigenvalue weighted by molar-refractivity contribution is 5.72. The molecule has 2 aromatic rings. The minimum atomic E-state index is 0.812. The van der Waals surface area contributed by atoms with Crippen molar-refractivity contribution < 1.29 is 0 Å². The van der Waals surface area contributed by atoms with E-state index in [-0.39, 0.29) is 0 Å². The van der Waals surface area contributed by atoms with Gasteiger partial charge in [0, 0.05) is 18.9 Å². The van der Waals surface area contributed by atoms with Gasteiger partial charge in [-0.15, -0.1) is 0 Å². The van der Waals surface area contributed by atoms with Crippen molar-refractivity contribution in [1.82, 2.24) is 19.8 Å². The minimum Gasteiger partial charge on any atom is -0.340 e. The topological polar surface area (TPSA) is 33.1 Å². The van der Waals surface area contributed by atoms with E-state index in [0.717, 1.165) is 24.7 Å². The van der Waals surface area contributed by atoms with E-state index in [9.17, 15) is 0 Å². The Kier molecular flexibility index (Phi) is 3.53. The first kappa shape index (κ1) is 14.8. The van der Waals surface area contributed by atoms with E-state index in [4.69, 9.17) is 0 Å². The van der Waals surface area contributed by atoms with Crippen LogP contribution in [0.4, 0.5) is 0 Å². The van der Waals surface area contributed by atoms with Crippen molar-refractivity contribution in [2.45, 2.75) is 27.3 Å². The van der Waals surface area contributed by atoms with Crippen LogP contribution in [0.3, 0.4) is 0 Å². The van der Waals surface area contributed by atoms with Crippen LogP contribution in [-0.2, 0) is 6.54 Å². The predicted octanol–water partition coefficient (Wildman–Crippen LogP) is 3.58. The standard InChI is InChI=1S/C20H22N4/c1-14-4-7-17(8-5-14)20-18(13-23-11-10-21-16(23)3)24-12-15(2)6-9-19(24)22-20/h4-11,22H,12-13H2,1-3H3. The lowest BCUT2D eigenvalue weighted by molar-refractivity contribution is 0.434. The van der Waals surface area contributed by atoms with Crippen LogP contribution in [0.5, 0.6) is 0 Å². The summed E-state index contributed by atoms with van der Waals surface area (Å²) in [6.07, 6.45) is 8.27. The van der Waals surface area contributed by atoms with Crippen LogP contribution in [0.15, 0.2) is 65.9 Å². The van der Waals surface area contributed by atoms with E-state index in [1.807, 2.05) is 19.3 Å². The number of aromatic nitrogens is 2. The molecule has 0 unspecified atom stereocenters. The third kappa shape index (κ3) is 2.54. The van der Waals surface area contributed by atoms with Crippen LogP contribution in [-0.4, -0.2) is 21.0 Å². The SMILES string of the molecule is CC1=CC=C2NC(c3ccc(C)cc3)=C(Cn3ccnc3C)N2C1. The first-order valence-electron chi connectivity index (χ1n) is 8.32. The number of benzene rings is 1. The van der Waals surface area contributed by atoms with E-state index in [0.29, 0.717) is 0 Å². The predicted molar refractivity (Wildman–Crippen MR) is 96.7 cm³/mol. The van der Waals surface area contributed by atoms with E-state index in [1.54, 1.807) is 0 Å². The molecule has 0 radical (unpaired) electrons. The van der Waals surface area contributed by atoms with E-state index in [2.05, 4.69) is 70.0 Å². The van der Waals surface area contributed by atoms with Gasteiger partial charge in [-0.05, 0) is 32.4 Å². The molecule has 2 aliphatic rings. The molecule has 0 spiro atoms. The number of imidazole rings is 1. The Morgan fingerprint density at radius 2 is 1.88 bits per heavy atom. The summed E-state index contributed by atoms with van der Waals surface area (Å²) >= 11 is 0. The molecule has 1 aromatic carbocycles. The van der Waals surface area contributed by atoms with E-state index >= 15 is 0 Å². The molecule has 24 heavy (non-hydrogen) atoms. The van der Waals surface area contributed by atoms with Gasteiger partial charge < -0.3 is 14.8 Å². The second kappa shape index (κ2) is 5.71. The Hall–Kier alpha value is -2.75. The minimum absolute atomic E-state index is 0.812. The Labute approximate surface area is 142 Å². The zero-order valence-electron chi connectivity index (χ0n) is 14.4. The molecule has 0 fully saturated rings. The molecule has 1 N–H and O–H groups in total. The molecular weight excluding hydrogens is 296 g/mol. The average molecular weight is 318 g/mol. The Bertz CT molecular complexity index is 865. The number of aryl methyl sites for hydroxylation is 2. The third-order valence-corrected chi connectivity index (χ3v) is 4.68. The molecule has 1 aromatic heterocycles. The zero-order chi connectivity index (χ0) is 16.7. The van der Waals surface area contributed by atoms with Crippen molar-refractivity contribution in [3.63, 3.8) is 0 Å². The summed E-state index contributed by atoms with van der Waals surface area (Å²) in [5.41, 5.74) is 6.35. The van der Waals surface area contributed by atoms with E-state index in [1.165, 1.54) is 28.1 Å². The zero-order valence-corrected chi connectivity index (χ0v) is 14.4. The maximum absolute atomic E-state index is 4.36. The van der Waals surface area contributed by atoms with Crippen LogP contribution in [0, 0.1) is 13.8 Å². The largest absolute Gasteiger partial charge is 0.340 e. The summed E-state index contributed by atoms with van der Waals surface area (Å²) in [4.78, 5) is 6.74. The number of fused-ring (bicyclic) bond motifs is 1. The second-order valence-electron chi connectivity index (χ2n) is 6.57. The Morgan fingerprint density at radius 3 is 2.58 bits per heavy atom. The van der Waals surface area contributed by atoms with Crippen molar-refractivity contribution in [2.24, 2.45) is 0 Å². The van der Waals surface area contributed by atoms with Gasteiger partial charge in [-0.25, -0.2) is 4.98 Å². The van der Waals surface area contributed by atoms with Gasteiger partial charge in [0.05, 0.1) is 17.9 Å². The summed E-state index contributed by atoms with van der Waals surface area (Å²) in [7, 11) is 0. The number of allylic oxidation sites excluding steroid dienone is 3. The van der Waals surface area contributed by atoms with Crippen LogP contribution in [0.25, 0.3) is 5.70 Å². The van der Waals surface area contributed by atoms with Gasteiger partial charge in [-0.3, -0.25) is 0 Å². The fourth-order valence-corrected chi connectivity index (χ4v) is 3.24. The monoisotopic (exact) mass is 318 g/mol. The van der Waals surface area contributed by atoms with Crippen LogP contribution in [0.2, 0.25) is 0 Å². The van der Waals surface area contributed by atoms with Gasteiger partial charge in [0.15, 0.2) is 0 Å². The van der Waals surface area contributed by atoms with Gasteiger partial charge in [-0.2, -0.15) is 0 Å². The number of nitrogens with zero attached hydrogens (tertiary/aromatic N) is 3. The molecule has 3 heterocycles. The Morgan fingerprint density at radius 1 is 1.08 bits per heavy atom. The lowest BCUT2D eigenvalue weighted by Gasteiger charge is -2.26. The lowest BCUT2D eigenvalue weighted by atomic mass is 10.1. The van der Waals surface area contributed by atoms with Crippen molar-refractivity contribution >= 4 is 5.70 Å². The summed E-state index contributed by atoms with van der Waals surface area (Å²) in [5, 5.41) is 3.62.